The first-order valence-corrected chi connectivity index (χ1v) is 11.5. The molecule has 2 aliphatic rings. The van der Waals surface area contributed by atoms with Crippen LogP contribution in [0.5, 0.6) is 0 Å². The fourth-order valence-corrected chi connectivity index (χ4v) is 5.09. The fourth-order valence-electron chi connectivity index (χ4n) is 5.09. The number of benzene rings is 2. The average Bonchev–Trinajstić information content (AvgIpc) is 3.53. The van der Waals surface area contributed by atoms with Crippen molar-refractivity contribution in [2.75, 3.05) is 31.1 Å². The Hall–Kier alpha value is -3.42. The van der Waals surface area contributed by atoms with Gasteiger partial charge in [0.2, 0.25) is 5.91 Å². The Morgan fingerprint density at radius 1 is 1.09 bits per heavy atom. The lowest BCUT2D eigenvalue weighted by molar-refractivity contribution is -0.133. The van der Waals surface area contributed by atoms with Gasteiger partial charge in [-0.25, -0.2) is 13.9 Å². The molecule has 5 rings (SSSR count). The maximum atomic E-state index is 14.4. The third-order valence-electron chi connectivity index (χ3n) is 6.77. The molecule has 8 heteroatoms. The molecule has 0 bridgehead atoms. The van der Waals surface area contributed by atoms with Gasteiger partial charge < -0.3 is 9.80 Å². The minimum absolute atomic E-state index is 0.0204. The third kappa shape index (κ3) is 3.73. The van der Waals surface area contributed by atoms with Crippen LogP contribution in [-0.4, -0.2) is 63.7 Å². The van der Waals surface area contributed by atoms with Crippen molar-refractivity contribution in [1.82, 2.24) is 19.6 Å². The number of urea groups is 1. The van der Waals surface area contributed by atoms with E-state index in [2.05, 4.69) is 18.9 Å². The monoisotopic (exact) mass is 449 g/mol. The highest BCUT2D eigenvalue weighted by molar-refractivity contribution is 6.04. The zero-order chi connectivity index (χ0) is 23.1. The molecule has 3 amide bonds. The molecule has 1 atom stereocenters. The van der Waals surface area contributed by atoms with E-state index in [4.69, 9.17) is 0 Å². The summed E-state index contributed by atoms with van der Waals surface area (Å²) >= 11 is 0. The van der Waals surface area contributed by atoms with Gasteiger partial charge in [0, 0.05) is 31.1 Å². The number of carbonyl (C=O) groups is 2. The first-order chi connectivity index (χ1) is 16.0. The zero-order valence-corrected chi connectivity index (χ0v) is 18.9. The van der Waals surface area contributed by atoms with Gasteiger partial charge in [-0.1, -0.05) is 32.0 Å². The minimum atomic E-state index is -0.364. The quantitative estimate of drug-likeness (QED) is 0.590. The van der Waals surface area contributed by atoms with Gasteiger partial charge in [0.05, 0.1) is 17.4 Å². The second kappa shape index (κ2) is 8.50. The molecule has 2 fully saturated rings. The van der Waals surface area contributed by atoms with Crippen LogP contribution in [0.25, 0.3) is 16.6 Å². The second-order valence-electron chi connectivity index (χ2n) is 9.11. The molecular weight excluding hydrogens is 421 g/mol. The smallest absolute Gasteiger partial charge is 0.325 e. The summed E-state index contributed by atoms with van der Waals surface area (Å²) < 4.78 is 15.9. The molecule has 0 unspecified atom stereocenters. The van der Waals surface area contributed by atoms with Crippen molar-refractivity contribution in [1.29, 1.82) is 0 Å². The van der Waals surface area contributed by atoms with E-state index in [0.29, 0.717) is 24.7 Å². The molecule has 1 aromatic heterocycles. The molecule has 33 heavy (non-hydrogen) atoms. The number of nitrogens with zero attached hydrogens (tertiary/aromatic N) is 5. The van der Waals surface area contributed by atoms with E-state index in [1.54, 1.807) is 38.9 Å². The number of para-hydroxylation sites is 1. The van der Waals surface area contributed by atoms with Crippen molar-refractivity contribution >= 4 is 28.5 Å². The summed E-state index contributed by atoms with van der Waals surface area (Å²) in [7, 11) is 0. The summed E-state index contributed by atoms with van der Waals surface area (Å²) in [5, 5.41) is 5.16. The van der Waals surface area contributed by atoms with E-state index in [1.807, 2.05) is 23.1 Å². The third-order valence-corrected chi connectivity index (χ3v) is 6.77. The highest BCUT2D eigenvalue weighted by atomic mass is 19.1. The molecule has 0 radical (unpaired) electrons. The number of amides is 3. The number of aromatic nitrogens is 2. The lowest BCUT2D eigenvalue weighted by atomic mass is 10.0. The molecule has 3 heterocycles. The highest BCUT2D eigenvalue weighted by Gasteiger charge is 2.36. The van der Waals surface area contributed by atoms with Crippen LogP contribution in [0.15, 0.2) is 48.7 Å². The van der Waals surface area contributed by atoms with Crippen LogP contribution in [0.1, 0.15) is 26.7 Å². The molecule has 2 aromatic carbocycles. The predicted molar refractivity (Wildman–Crippen MR) is 125 cm³/mol. The number of fused-ring (bicyclic) bond motifs is 1. The average molecular weight is 450 g/mol. The number of rotatable bonds is 5. The maximum absolute atomic E-state index is 14.4. The van der Waals surface area contributed by atoms with Crippen LogP contribution in [0.2, 0.25) is 0 Å². The molecule has 0 saturated carbocycles. The largest absolute Gasteiger partial charge is 0.338 e. The molecule has 0 aliphatic carbocycles. The summed E-state index contributed by atoms with van der Waals surface area (Å²) in [4.78, 5) is 31.5. The lowest BCUT2D eigenvalue weighted by Gasteiger charge is -2.29. The van der Waals surface area contributed by atoms with Crippen LogP contribution >= 0.6 is 0 Å². The molecule has 0 N–H and O–H groups in total. The first-order valence-electron chi connectivity index (χ1n) is 11.5. The maximum Gasteiger partial charge on any atom is 0.325 e. The van der Waals surface area contributed by atoms with Crippen molar-refractivity contribution < 1.29 is 14.0 Å². The normalized spacial score (nSPS) is 18.8. The van der Waals surface area contributed by atoms with E-state index in [0.717, 1.165) is 36.0 Å². The number of carbonyl (C=O) groups excluding carboxylic acids is 2. The fraction of sp³-hybridized carbons (Fsp3) is 0.400. The van der Waals surface area contributed by atoms with Crippen molar-refractivity contribution in [3.8, 4) is 5.69 Å². The number of halogens is 1. The van der Waals surface area contributed by atoms with Crippen LogP contribution in [0, 0.1) is 11.7 Å². The van der Waals surface area contributed by atoms with Gasteiger partial charge in [0.15, 0.2) is 0 Å². The van der Waals surface area contributed by atoms with Gasteiger partial charge in [-0.3, -0.25) is 9.69 Å². The highest BCUT2D eigenvalue weighted by Crippen LogP contribution is 2.31. The predicted octanol–water partition coefficient (Wildman–Crippen LogP) is 4.05. The van der Waals surface area contributed by atoms with Crippen molar-refractivity contribution in [2.45, 2.75) is 32.7 Å². The SMILES string of the molecule is CC(C)[C@H]1CCCN1C(=O)CN1CCN(c2cccc3c2cnn3-c2ccccc2F)C1=O. The first kappa shape index (κ1) is 21.4. The summed E-state index contributed by atoms with van der Waals surface area (Å²) in [5.74, 6) is 0.0641. The summed E-state index contributed by atoms with van der Waals surface area (Å²) in [6.45, 7) is 6.12. The summed E-state index contributed by atoms with van der Waals surface area (Å²) in [6.07, 6.45) is 3.70. The second-order valence-corrected chi connectivity index (χ2v) is 9.11. The van der Waals surface area contributed by atoms with E-state index in [-0.39, 0.29) is 30.3 Å². The molecule has 172 valence electrons. The van der Waals surface area contributed by atoms with E-state index in [1.165, 1.54) is 6.07 Å². The Bertz CT molecular complexity index is 1210. The Labute approximate surface area is 192 Å². The van der Waals surface area contributed by atoms with Gasteiger partial charge in [-0.15, -0.1) is 0 Å². The van der Waals surface area contributed by atoms with Gasteiger partial charge in [-0.05, 0) is 43.0 Å². The van der Waals surface area contributed by atoms with Gasteiger partial charge in [0.1, 0.15) is 18.0 Å². The summed E-state index contributed by atoms with van der Waals surface area (Å²) in [6, 6.07) is 12.1. The number of anilines is 1. The standard InChI is InChI=1S/C25H28FN5O2/c1-17(2)20-11-6-12-29(20)24(32)16-28-13-14-30(25(28)33)21-9-5-10-22-18(21)15-27-31(22)23-8-4-3-7-19(23)26/h3-5,7-10,15,17,20H,6,11-14,16H2,1-2H3/t20-/m1/s1. The Balaban J connectivity index is 1.38. The topological polar surface area (TPSA) is 61.7 Å². The van der Waals surface area contributed by atoms with Crippen LogP contribution in [-0.2, 0) is 4.79 Å². The Morgan fingerprint density at radius 2 is 1.88 bits per heavy atom. The number of hydrogen-bond donors (Lipinski definition) is 0. The van der Waals surface area contributed by atoms with Gasteiger partial charge in [0.25, 0.3) is 0 Å². The molecule has 2 aliphatic heterocycles. The van der Waals surface area contributed by atoms with Crippen molar-refractivity contribution in [2.24, 2.45) is 5.92 Å². The molecular formula is C25H28FN5O2. The molecule has 2 saturated heterocycles. The lowest BCUT2D eigenvalue weighted by Crippen LogP contribution is -2.45. The summed E-state index contributed by atoms with van der Waals surface area (Å²) in [5.41, 5.74) is 1.79. The molecule has 3 aromatic rings. The van der Waals surface area contributed by atoms with Crippen molar-refractivity contribution in [3.63, 3.8) is 0 Å². The zero-order valence-electron chi connectivity index (χ0n) is 18.9. The number of hydrogen-bond acceptors (Lipinski definition) is 3. The Kier molecular flexibility index (Phi) is 5.52. The van der Waals surface area contributed by atoms with Gasteiger partial charge in [-0.2, -0.15) is 5.10 Å². The number of likely N-dealkylation sites (tertiary alicyclic amines) is 1. The molecule has 7 nitrogen and oxygen atoms in total. The minimum Gasteiger partial charge on any atom is -0.338 e. The van der Waals surface area contributed by atoms with Gasteiger partial charge >= 0.3 is 6.03 Å². The van der Waals surface area contributed by atoms with E-state index >= 15 is 0 Å². The van der Waals surface area contributed by atoms with Crippen LogP contribution < -0.4 is 4.90 Å². The van der Waals surface area contributed by atoms with Crippen molar-refractivity contribution in [3.05, 3.63) is 54.5 Å². The van der Waals surface area contributed by atoms with Crippen LogP contribution in [0.3, 0.4) is 0 Å². The molecule has 0 spiro atoms. The van der Waals surface area contributed by atoms with E-state index in [9.17, 15) is 14.0 Å². The Morgan fingerprint density at radius 3 is 2.67 bits per heavy atom. The van der Waals surface area contributed by atoms with Crippen LogP contribution in [0.4, 0.5) is 14.9 Å². The van der Waals surface area contributed by atoms with E-state index < -0.39 is 0 Å².